The van der Waals surface area contributed by atoms with Crippen molar-refractivity contribution >= 4 is 41.5 Å². The van der Waals surface area contributed by atoms with Gasteiger partial charge in [-0.15, -0.1) is 0 Å². The number of aromatic nitrogens is 3. The number of carbonyl (C=O) groups excluding carboxylic acids is 1. The lowest BCUT2D eigenvalue weighted by Crippen LogP contribution is -2.41. The predicted octanol–water partition coefficient (Wildman–Crippen LogP) is 5.20. The molecule has 230 valence electrons. The summed E-state index contributed by atoms with van der Waals surface area (Å²) in [6.45, 7) is 4.91. The molecule has 2 aromatic heterocycles. The average Bonchev–Trinajstić information content (AvgIpc) is 3.34. The van der Waals surface area contributed by atoms with E-state index in [0.29, 0.717) is 34.7 Å². The van der Waals surface area contributed by atoms with Gasteiger partial charge in [0.15, 0.2) is 11.6 Å². The molecule has 3 aromatic carbocycles. The number of nitrogens with one attached hydrogen (secondary N) is 1. The van der Waals surface area contributed by atoms with Crippen molar-refractivity contribution in [2.75, 3.05) is 12.3 Å². The molecule has 5 aromatic rings. The van der Waals surface area contributed by atoms with Gasteiger partial charge in [0.2, 0.25) is 0 Å². The molecule has 13 heteroatoms. The van der Waals surface area contributed by atoms with Crippen LogP contribution < -0.4 is 20.1 Å². The van der Waals surface area contributed by atoms with E-state index in [0.717, 1.165) is 5.39 Å². The summed E-state index contributed by atoms with van der Waals surface area (Å²) in [6, 6.07) is 23.0. The monoisotopic (exact) mass is 619 g/mol. The molecule has 0 aliphatic rings. The zero-order chi connectivity index (χ0) is 31.3. The van der Waals surface area contributed by atoms with Gasteiger partial charge in [-0.1, -0.05) is 54.6 Å². The summed E-state index contributed by atoms with van der Waals surface area (Å²) in [5.74, 6) is -1.70. The average molecular weight is 620 g/mol. The number of pyridine rings is 1. The molecule has 0 aliphatic carbocycles. The molecule has 5 rings (SSSR count). The molecule has 1 unspecified atom stereocenters. The third-order valence-electron chi connectivity index (χ3n) is 6.53. The fourth-order valence-corrected chi connectivity index (χ4v) is 6.33. The maximum Gasteiger partial charge on any atom is 0.462 e. The Morgan fingerprint density at radius 3 is 2.34 bits per heavy atom. The van der Waals surface area contributed by atoms with Gasteiger partial charge >= 0.3 is 13.7 Å². The molecule has 3 atom stereocenters. The molecule has 0 aliphatic heterocycles. The molecule has 0 bridgehead atoms. The van der Waals surface area contributed by atoms with E-state index in [4.69, 9.17) is 24.3 Å². The predicted molar refractivity (Wildman–Crippen MR) is 166 cm³/mol. The number of imidazole rings is 1. The second kappa shape index (κ2) is 13.1. The minimum Gasteiger partial charge on any atom is -0.425 e. The lowest BCUT2D eigenvalue weighted by Gasteiger charge is -2.31. The van der Waals surface area contributed by atoms with Crippen molar-refractivity contribution in [3.05, 3.63) is 90.8 Å². The van der Waals surface area contributed by atoms with Crippen molar-refractivity contribution in [1.82, 2.24) is 19.6 Å². The number of hydrogen-bond acceptors (Lipinski definition) is 10. The first-order valence-electron chi connectivity index (χ1n) is 14.0. The molecular weight excluding hydrogens is 585 g/mol. The van der Waals surface area contributed by atoms with Crippen LogP contribution in [0.3, 0.4) is 0 Å². The van der Waals surface area contributed by atoms with Gasteiger partial charge in [0.25, 0.3) is 0 Å². The van der Waals surface area contributed by atoms with Crippen molar-refractivity contribution < 1.29 is 33.0 Å². The largest absolute Gasteiger partial charge is 0.462 e. The van der Waals surface area contributed by atoms with E-state index in [1.165, 1.54) is 13.8 Å². The number of aliphatic hydroxyl groups is 1. The van der Waals surface area contributed by atoms with Gasteiger partial charge in [0.05, 0.1) is 17.6 Å². The number of anilines is 1. The number of nitrogens with zero attached hydrogens (tertiary/aromatic N) is 3. The van der Waals surface area contributed by atoms with Gasteiger partial charge in [-0.2, -0.15) is 5.09 Å². The van der Waals surface area contributed by atoms with Gasteiger partial charge in [-0.05, 0) is 51.1 Å². The highest BCUT2D eigenvalue weighted by Crippen LogP contribution is 2.48. The molecule has 0 saturated carbocycles. The quantitative estimate of drug-likeness (QED) is 0.0688. The summed E-state index contributed by atoms with van der Waals surface area (Å²) in [4.78, 5) is 22.0. The first-order valence-corrected chi connectivity index (χ1v) is 15.5. The third kappa shape index (κ3) is 7.24. The molecule has 0 radical (unpaired) electrons. The maximum atomic E-state index is 14.3. The normalized spacial score (nSPS) is 15.0. The maximum absolute atomic E-state index is 14.3. The number of ether oxygens (including phenoxy) is 2. The Balaban J connectivity index is 1.48. The second-order valence-electron chi connectivity index (χ2n) is 10.2. The summed E-state index contributed by atoms with van der Waals surface area (Å²) in [5, 5.41) is 15.0. The van der Waals surface area contributed by atoms with Crippen LogP contribution in [0.5, 0.6) is 11.5 Å². The van der Waals surface area contributed by atoms with E-state index in [-0.39, 0.29) is 24.7 Å². The first kappa shape index (κ1) is 31.1. The zero-order valence-corrected chi connectivity index (χ0v) is 25.4. The van der Waals surface area contributed by atoms with Crippen LogP contribution in [0.4, 0.5) is 5.82 Å². The molecule has 2 heterocycles. The number of hydrogen-bond donors (Lipinski definition) is 3. The standard InChI is InChI=1S/C31H34N5O7P/c1-4-40-19-26-34-27-28(24-17-11-12-18-25(24)33-29(27)32)36(26)20-31(3,38)43-44(39,42-23-15-9-6-10-16-23)35-21(2)30(37)41-22-13-7-5-8-14-22/h5-18,21,38H,4,19-20H2,1-3H3,(H2,32,33)(H,35,39)/t21-,31?,44-/m0/s1. The van der Waals surface area contributed by atoms with E-state index in [9.17, 15) is 14.5 Å². The van der Waals surface area contributed by atoms with Crippen LogP contribution in [-0.2, 0) is 31.8 Å². The lowest BCUT2D eigenvalue weighted by atomic mass is 10.2. The number of esters is 1. The van der Waals surface area contributed by atoms with Crippen LogP contribution >= 0.6 is 7.75 Å². The smallest absolute Gasteiger partial charge is 0.425 e. The van der Waals surface area contributed by atoms with Crippen molar-refractivity contribution in [2.45, 2.75) is 45.8 Å². The van der Waals surface area contributed by atoms with Crippen LogP contribution in [0.25, 0.3) is 21.9 Å². The van der Waals surface area contributed by atoms with Crippen LogP contribution in [0.2, 0.25) is 0 Å². The Hall–Kier alpha value is -4.32. The molecule has 12 nitrogen and oxygen atoms in total. The Labute approximate surface area is 254 Å². The van der Waals surface area contributed by atoms with E-state index in [1.54, 1.807) is 65.2 Å². The first-order chi connectivity index (χ1) is 21.1. The minimum atomic E-state index is -4.45. The highest BCUT2D eigenvalue weighted by molar-refractivity contribution is 7.52. The molecule has 0 fully saturated rings. The molecule has 0 spiro atoms. The number of benzene rings is 3. The van der Waals surface area contributed by atoms with Gasteiger partial charge in [-0.25, -0.2) is 19.3 Å². The summed E-state index contributed by atoms with van der Waals surface area (Å²) in [7, 11) is -4.45. The number of rotatable bonds is 13. The van der Waals surface area contributed by atoms with E-state index < -0.39 is 25.5 Å². The van der Waals surface area contributed by atoms with Gasteiger partial charge in [-0.3, -0.25) is 4.52 Å². The zero-order valence-electron chi connectivity index (χ0n) is 24.5. The molecule has 0 amide bonds. The Kier molecular flexibility index (Phi) is 9.28. The van der Waals surface area contributed by atoms with Crippen molar-refractivity contribution in [1.29, 1.82) is 0 Å². The molecule has 44 heavy (non-hydrogen) atoms. The van der Waals surface area contributed by atoms with E-state index >= 15 is 0 Å². The summed E-state index contributed by atoms with van der Waals surface area (Å²) >= 11 is 0. The third-order valence-corrected chi connectivity index (χ3v) is 8.32. The van der Waals surface area contributed by atoms with Crippen LogP contribution in [0.15, 0.2) is 84.9 Å². The minimum absolute atomic E-state index is 0.105. The van der Waals surface area contributed by atoms with Gasteiger partial charge in [0, 0.05) is 12.0 Å². The number of carbonyl (C=O) groups is 1. The van der Waals surface area contributed by atoms with Crippen LogP contribution in [-0.4, -0.2) is 44.0 Å². The lowest BCUT2D eigenvalue weighted by molar-refractivity contribution is -0.141. The Bertz CT molecular complexity index is 1800. The summed E-state index contributed by atoms with van der Waals surface area (Å²) in [5.41, 5.74) is 7.94. The highest BCUT2D eigenvalue weighted by Gasteiger charge is 2.40. The topological polar surface area (TPSA) is 160 Å². The molecule has 4 N–H and O–H groups in total. The number of fused-ring (bicyclic) bond motifs is 3. The van der Waals surface area contributed by atoms with Crippen molar-refractivity contribution in [3.8, 4) is 11.5 Å². The SMILES string of the molecule is CCOCc1nc2c(N)nc3ccccc3c2n1CC(C)(O)O[P@](=O)(N[C@@H](C)C(=O)Oc1ccccc1)Oc1ccccc1. The Morgan fingerprint density at radius 1 is 1.02 bits per heavy atom. The van der Waals surface area contributed by atoms with Crippen molar-refractivity contribution in [2.24, 2.45) is 0 Å². The molecular formula is C31H34N5O7P. The number of para-hydroxylation sites is 3. The van der Waals surface area contributed by atoms with Crippen LogP contribution in [0.1, 0.15) is 26.6 Å². The second-order valence-corrected chi connectivity index (χ2v) is 11.8. The van der Waals surface area contributed by atoms with E-state index in [2.05, 4.69) is 15.1 Å². The highest BCUT2D eigenvalue weighted by atomic mass is 31.2. The Morgan fingerprint density at radius 2 is 1.66 bits per heavy atom. The van der Waals surface area contributed by atoms with Gasteiger partial charge < -0.3 is 29.4 Å². The van der Waals surface area contributed by atoms with E-state index in [1.807, 2.05) is 31.2 Å². The summed E-state index contributed by atoms with van der Waals surface area (Å²) < 4.78 is 38.7. The molecule has 0 saturated heterocycles. The van der Waals surface area contributed by atoms with Gasteiger partial charge in [0.1, 0.15) is 35.5 Å². The fraction of sp³-hybridized carbons (Fsp3) is 0.258. The number of nitrogens with two attached hydrogens (primary N) is 1. The number of nitrogen functional groups attached to an aromatic ring is 1. The van der Waals surface area contributed by atoms with Crippen LogP contribution in [0, 0.1) is 0 Å². The van der Waals surface area contributed by atoms with Crippen molar-refractivity contribution in [3.63, 3.8) is 0 Å². The fourth-order valence-electron chi connectivity index (χ4n) is 4.63. The summed E-state index contributed by atoms with van der Waals surface area (Å²) in [6.07, 6.45) is 0.